The van der Waals surface area contributed by atoms with Gasteiger partial charge in [0.15, 0.2) is 9.84 Å². The van der Waals surface area contributed by atoms with E-state index in [0.717, 1.165) is 5.56 Å². The first-order chi connectivity index (χ1) is 13.6. The number of aromatic nitrogens is 1. The Morgan fingerprint density at radius 1 is 0.964 bits per heavy atom. The van der Waals surface area contributed by atoms with Crippen molar-refractivity contribution in [1.82, 2.24) is 10.3 Å². The van der Waals surface area contributed by atoms with Gasteiger partial charge in [-0.25, -0.2) is 8.42 Å². The summed E-state index contributed by atoms with van der Waals surface area (Å²) in [5.74, 6) is -0.360. The van der Waals surface area contributed by atoms with Crippen molar-refractivity contribution < 1.29 is 13.2 Å². The molecule has 0 aliphatic rings. The molecule has 0 spiro atoms. The average molecular weight is 392 g/mol. The minimum atomic E-state index is -3.70. The van der Waals surface area contributed by atoms with Crippen molar-refractivity contribution in [3.05, 3.63) is 102 Å². The molecule has 1 atom stereocenters. The van der Waals surface area contributed by atoms with Crippen LogP contribution in [0.3, 0.4) is 0 Å². The van der Waals surface area contributed by atoms with E-state index in [-0.39, 0.29) is 17.3 Å². The number of benzene rings is 2. The van der Waals surface area contributed by atoms with Crippen LogP contribution in [0.5, 0.6) is 0 Å². The number of carbonyl (C=O) groups excluding carboxylic acids is 1. The van der Waals surface area contributed by atoms with Crippen molar-refractivity contribution in [1.29, 1.82) is 0 Å². The Hall–Kier alpha value is -3.25. The van der Waals surface area contributed by atoms with Crippen LogP contribution in [-0.4, -0.2) is 25.9 Å². The Balaban J connectivity index is 1.79. The number of nitrogens with one attached hydrogen (secondary N) is 1. The van der Waals surface area contributed by atoms with Crippen LogP contribution in [0.2, 0.25) is 0 Å². The van der Waals surface area contributed by atoms with Crippen molar-refractivity contribution in [2.24, 2.45) is 0 Å². The largest absolute Gasteiger partial charge is 0.351 e. The van der Waals surface area contributed by atoms with Crippen LogP contribution in [0, 0.1) is 0 Å². The standard InChI is InChI=1S/C22H20N2O3S/c25-22(14-13-18-8-3-1-4-9-18)24-17-21(19-10-7-15-23-16-19)28(26,27)20-11-5-2-6-12-20/h1-16,21H,17H2,(H,24,25)/b14-13+/t21-/m1/s1. The summed E-state index contributed by atoms with van der Waals surface area (Å²) >= 11 is 0. The minimum absolute atomic E-state index is 0.0547. The first-order valence-corrected chi connectivity index (χ1v) is 10.3. The van der Waals surface area contributed by atoms with E-state index in [4.69, 9.17) is 0 Å². The fourth-order valence-corrected chi connectivity index (χ4v) is 4.40. The van der Waals surface area contributed by atoms with Gasteiger partial charge in [0.1, 0.15) is 5.25 Å². The molecule has 1 amide bonds. The molecule has 1 heterocycles. The minimum Gasteiger partial charge on any atom is -0.351 e. The molecule has 6 heteroatoms. The van der Waals surface area contributed by atoms with E-state index in [1.807, 2.05) is 30.3 Å². The summed E-state index contributed by atoms with van der Waals surface area (Å²) in [5, 5.41) is 1.76. The van der Waals surface area contributed by atoms with Crippen molar-refractivity contribution in [3.8, 4) is 0 Å². The van der Waals surface area contributed by atoms with E-state index in [2.05, 4.69) is 10.3 Å². The third kappa shape index (κ3) is 4.92. The summed E-state index contributed by atoms with van der Waals surface area (Å²) in [6, 6.07) is 21.0. The van der Waals surface area contributed by atoms with Gasteiger partial charge in [-0.15, -0.1) is 0 Å². The van der Waals surface area contributed by atoms with E-state index in [9.17, 15) is 13.2 Å². The lowest BCUT2D eigenvalue weighted by Gasteiger charge is -2.18. The van der Waals surface area contributed by atoms with E-state index in [1.54, 1.807) is 54.7 Å². The van der Waals surface area contributed by atoms with Crippen LogP contribution in [0.25, 0.3) is 6.08 Å². The normalized spacial score (nSPS) is 12.6. The smallest absolute Gasteiger partial charge is 0.244 e. The van der Waals surface area contributed by atoms with Gasteiger partial charge in [0.25, 0.3) is 0 Å². The lowest BCUT2D eigenvalue weighted by atomic mass is 10.2. The fraction of sp³-hybridized carbons (Fsp3) is 0.0909. The quantitative estimate of drug-likeness (QED) is 0.625. The highest BCUT2D eigenvalue weighted by Gasteiger charge is 2.29. The Labute approximate surface area is 164 Å². The summed E-state index contributed by atoms with van der Waals surface area (Å²) in [6.07, 6.45) is 6.17. The summed E-state index contributed by atoms with van der Waals surface area (Å²) < 4.78 is 26.3. The monoisotopic (exact) mass is 392 g/mol. The molecule has 3 aromatic rings. The molecule has 0 saturated carbocycles. The van der Waals surface area contributed by atoms with Crippen LogP contribution >= 0.6 is 0 Å². The molecule has 2 aromatic carbocycles. The number of amides is 1. The average Bonchev–Trinajstić information content (AvgIpc) is 2.74. The maximum absolute atomic E-state index is 13.1. The summed E-state index contributed by atoms with van der Waals surface area (Å²) in [6.45, 7) is -0.0547. The molecular weight excluding hydrogens is 372 g/mol. The molecule has 0 aliphatic carbocycles. The molecule has 0 bridgehead atoms. The van der Waals surface area contributed by atoms with Gasteiger partial charge < -0.3 is 5.32 Å². The van der Waals surface area contributed by atoms with Crippen LogP contribution in [0.1, 0.15) is 16.4 Å². The molecule has 0 unspecified atom stereocenters. The van der Waals surface area contributed by atoms with Gasteiger partial charge in [0, 0.05) is 25.0 Å². The molecule has 0 aliphatic heterocycles. The maximum atomic E-state index is 13.1. The van der Waals surface area contributed by atoms with E-state index in [0.29, 0.717) is 5.56 Å². The summed E-state index contributed by atoms with van der Waals surface area (Å²) in [4.78, 5) is 16.4. The van der Waals surface area contributed by atoms with Crippen molar-refractivity contribution in [2.75, 3.05) is 6.54 Å². The number of hydrogen-bond donors (Lipinski definition) is 1. The van der Waals surface area contributed by atoms with Crippen LogP contribution in [0.4, 0.5) is 0 Å². The van der Waals surface area contributed by atoms with Crippen LogP contribution < -0.4 is 5.32 Å². The zero-order chi connectivity index (χ0) is 19.8. The molecular formula is C22H20N2O3S. The summed E-state index contributed by atoms with van der Waals surface area (Å²) in [5.41, 5.74) is 1.41. The topological polar surface area (TPSA) is 76.1 Å². The van der Waals surface area contributed by atoms with Gasteiger partial charge in [-0.2, -0.15) is 0 Å². The zero-order valence-corrected chi connectivity index (χ0v) is 15.9. The first kappa shape index (κ1) is 19.5. The van der Waals surface area contributed by atoms with Crippen LogP contribution in [0.15, 0.2) is 96.2 Å². The third-order valence-electron chi connectivity index (χ3n) is 4.19. The Morgan fingerprint density at radius 3 is 2.29 bits per heavy atom. The van der Waals surface area contributed by atoms with Gasteiger partial charge in [-0.3, -0.25) is 9.78 Å². The molecule has 0 saturated heterocycles. The van der Waals surface area contributed by atoms with Crippen molar-refractivity contribution >= 4 is 21.8 Å². The molecule has 1 aromatic heterocycles. The van der Waals surface area contributed by atoms with Gasteiger partial charge in [-0.1, -0.05) is 54.6 Å². The van der Waals surface area contributed by atoms with Crippen molar-refractivity contribution in [2.45, 2.75) is 10.1 Å². The molecule has 1 N–H and O–H groups in total. The van der Waals surface area contributed by atoms with E-state index < -0.39 is 15.1 Å². The van der Waals surface area contributed by atoms with Crippen molar-refractivity contribution in [3.63, 3.8) is 0 Å². The molecule has 0 fully saturated rings. The Bertz CT molecular complexity index is 1030. The lowest BCUT2D eigenvalue weighted by Crippen LogP contribution is -2.31. The maximum Gasteiger partial charge on any atom is 0.244 e. The molecule has 142 valence electrons. The highest BCUT2D eigenvalue weighted by Crippen LogP contribution is 2.27. The number of carbonyl (C=O) groups is 1. The lowest BCUT2D eigenvalue weighted by molar-refractivity contribution is -0.116. The second kappa shape index (κ2) is 9.10. The SMILES string of the molecule is O=C(/C=C/c1ccccc1)NC[C@H](c1cccnc1)S(=O)(=O)c1ccccc1. The van der Waals surface area contributed by atoms with Gasteiger partial charge in [0.2, 0.25) is 5.91 Å². The summed E-state index contributed by atoms with van der Waals surface area (Å²) in [7, 11) is -3.70. The second-order valence-corrected chi connectivity index (χ2v) is 8.25. The Morgan fingerprint density at radius 2 is 1.64 bits per heavy atom. The van der Waals surface area contributed by atoms with Gasteiger partial charge in [0.05, 0.1) is 4.90 Å². The zero-order valence-electron chi connectivity index (χ0n) is 15.1. The predicted molar refractivity (Wildman–Crippen MR) is 109 cm³/mol. The number of hydrogen-bond acceptors (Lipinski definition) is 4. The number of pyridine rings is 1. The Kier molecular flexibility index (Phi) is 6.34. The van der Waals surface area contributed by atoms with Gasteiger partial charge >= 0.3 is 0 Å². The second-order valence-electron chi connectivity index (χ2n) is 6.12. The molecule has 5 nitrogen and oxygen atoms in total. The molecule has 3 rings (SSSR count). The number of rotatable bonds is 7. The van der Waals surface area contributed by atoms with Gasteiger partial charge in [-0.05, 0) is 35.4 Å². The fourth-order valence-electron chi connectivity index (χ4n) is 2.74. The highest BCUT2D eigenvalue weighted by molar-refractivity contribution is 7.91. The third-order valence-corrected chi connectivity index (χ3v) is 6.31. The number of sulfone groups is 1. The first-order valence-electron chi connectivity index (χ1n) is 8.77. The van der Waals surface area contributed by atoms with E-state index >= 15 is 0 Å². The van der Waals surface area contributed by atoms with Crippen LogP contribution in [-0.2, 0) is 14.6 Å². The van der Waals surface area contributed by atoms with E-state index in [1.165, 1.54) is 12.3 Å². The predicted octanol–water partition coefficient (Wildman–Crippen LogP) is 3.43. The molecule has 28 heavy (non-hydrogen) atoms. The highest BCUT2D eigenvalue weighted by atomic mass is 32.2. The molecule has 0 radical (unpaired) electrons. The number of nitrogens with zero attached hydrogens (tertiary/aromatic N) is 1.